The van der Waals surface area contributed by atoms with Crippen LogP contribution in [0.1, 0.15) is 42.7 Å². The Hall–Kier alpha value is -1.46. The van der Waals surface area contributed by atoms with Gasteiger partial charge in [-0.3, -0.25) is 0 Å². The van der Waals surface area contributed by atoms with Gasteiger partial charge in [-0.15, -0.1) is 6.42 Å². The number of aromatic hydroxyl groups is 1. The number of rotatable bonds is 0. The number of aryl methyl sites for hydroxylation is 1. The molecule has 0 bridgehead atoms. The molecule has 3 aliphatic rings. The van der Waals surface area contributed by atoms with Gasteiger partial charge in [0.2, 0.25) is 0 Å². The maximum atomic E-state index is 9.60. The van der Waals surface area contributed by atoms with E-state index < -0.39 is 0 Å². The van der Waals surface area contributed by atoms with Gasteiger partial charge in [0, 0.05) is 0 Å². The summed E-state index contributed by atoms with van der Waals surface area (Å²) in [5, 5.41) is 9.60. The van der Waals surface area contributed by atoms with Gasteiger partial charge in [-0.2, -0.15) is 0 Å². The molecule has 0 aromatic heterocycles. The summed E-state index contributed by atoms with van der Waals surface area (Å²) >= 11 is 0. The molecule has 1 saturated heterocycles. The number of phenolic OH excluding ortho intramolecular Hbond substituents is 1. The van der Waals surface area contributed by atoms with Crippen LogP contribution in [0.25, 0.3) is 0 Å². The molecule has 2 heteroatoms. The van der Waals surface area contributed by atoms with Crippen LogP contribution in [0.2, 0.25) is 0 Å². The van der Waals surface area contributed by atoms with Crippen LogP contribution in [-0.2, 0) is 11.2 Å². The van der Waals surface area contributed by atoms with E-state index in [0.29, 0.717) is 17.6 Å². The van der Waals surface area contributed by atoms with E-state index >= 15 is 0 Å². The third-order valence-corrected chi connectivity index (χ3v) is 5.29. The molecule has 98 valence electrons. The smallest absolute Gasteiger partial charge is 0.147 e. The average molecular weight is 254 g/mol. The third-order valence-electron chi connectivity index (χ3n) is 5.29. The zero-order valence-electron chi connectivity index (χ0n) is 10.9. The number of hydrogen-bond donors (Lipinski definition) is 1. The Morgan fingerprint density at radius 1 is 1.37 bits per heavy atom. The highest BCUT2D eigenvalue weighted by Crippen LogP contribution is 2.56. The summed E-state index contributed by atoms with van der Waals surface area (Å²) in [6.07, 6.45) is 11.2. The largest absolute Gasteiger partial charge is 0.508 e. The molecule has 2 nitrogen and oxygen atoms in total. The lowest BCUT2D eigenvalue weighted by molar-refractivity contribution is 0.157. The van der Waals surface area contributed by atoms with E-state index in [1.165, 1.54) is 24.0 Å². The summed E-state index contributed by atoms with van der Waals surface area (Å²) in [4.78, 5) is 0. The van der Waals surface area contributed by atoms with E-state index in [1.54, 1.807) is 0 Å². The zero-order chi connectivity index (χ0) is 13.0. The fraction of sp³-hybridized carbons (Fsp3) is 0.529. The molecule has 2 unspecified atom stereocenters. The van der Waals surface area contributed by atoms with E-state index in [1.807, 2.05) is 12.1 Å². The molecule has 19 heavy (non-hydrogen) atoms. The summed E-state index contributed by atoms with van der Waals surface area (Å²) in [7, 11) is 0. The number of fused-ring (bicyclic) bond motifs is 3. The summed E-state index contributed by atoms with van der Waals surface area (Å²) in [6, 6.07) is 5.88. The van der Waals surface area contributed by atoms with Crippen molar-refractivity contribution in [2.75, 3.05) is 0 Å². The third kappa shape index (κ3) is 1.61. The lowest BCUT2D eigenvalue weighted by Crippen LogP contribution is -2.33. The Morgan fingerprint density at radius 3 is 3.05 bits per heavy atom. The standard InChI is InChI=1S/C17H18O2/c1-2-16-17(19-16)8-7-15-12(10-17)4-3-11-9-13(18)5-6-14(11)15/h1,5-6,9,12,15-16,18H,3-4,7-8,10H2/t12?,15?,16-,17+/m0/s1. The number of benzene rings is 1. The lowest BCUT2D eigenvalue weighted by atomic mass is 9.64. The fourth-order valence-corrected chi connectivity index (χ4v) is 4.28. The van der Waals surface area contributed by atoms with E-state index in [-0.39, 0.29) is 11.7 Å². The number of ether oxygens (including phenoxy) is 1. The first-order chi connectivity index (χ1) is 9.22. The molecule has 2 fully saturated rings. The van der Waals surface area contributed by atoms with Gasteiger partial charge in [0.25, 0.3) is 0 Å². The van der Waals surface area contributed by atoms with Crippen LogP contribution in [0.4, 0.5) is 0 Å². The second-order valence-corrected chi connectivity index (χ2v) is 6.26. The van der Waals surface area contributed by atoms with Crippen LogP contribution >= 0.6 is 0 Å². The van der Waals surface area contributed by atoms with Crippen molar-refractivity contribution in [1.82, 2.24) is 0 Å². The highest BCUT2D eigenvalue weighted by Gasteiger charge is 2.59. The predicted octanol–water partition coefficient (Wildman–Crippen LogP) is 2.99. The Kier molecular flexibility index (Phi) is 2.26. The molecule has 0 amide bonds. The molecule has 1 aromatic carbocycles. The molecular formula is C17H18O2. The number of hydrogen-bond acceptors (Lipinski definition) is 2. The zero-order valence-corrected chi connectivity index (χ0v) is 10.9. The van der Waals surface area contributed by atoms with E-state index in [9.17, 15) is 5.11 Å². The molecule has 1 saturated carbocycles. The van der Waals surface area contributed by atoms with Gasteiger partial charge in [0.15, 0.2) is 0 Å². The summed E-state index contributed by atoms with van der Waals surface area (Å²) in [5.41, 5.74) is 2.80. The van der Waals surface area contributed by atoms with Crippen LogP contribution in [0.15, 0.2) is 18.2 Å². The number of epoxide rings is 1. The second-order valence-electron chi connectivity index (χ2n) is 6.26. The van der Waals surface area contributed by atoms with Crippen molar-refractivity contribution in [1.29, 1.82) is 0 Å². The predicted molar refractivity (Wildman–Crippen MR) is 72.9 cm³/mol. The van der Waals surface area contributed by atoms with Gasteiger partial charge >= 0.3 is 0 Å². The van der Waals surface area contributed by atoms with Gasteiger partial charge < -0.3 is 9.84 Å². The quantitative estimate of drug-likeness (QED) is 0.570. The molecule has 4 atom stereocenters. The van der Waals surface area contributed by atoms with Crippen LogP contribution in [0.5, 0.6) is 5.75 Å². The van der Waals surface area contributed by atoms with Gasteiger partial charge in [-0.05, 0) is 67.2 Å². The Balaban J connectivity index is 1.62. The van der Waals surface area contributed by atoms with Gasteiger partial charge in [-0.25, -0.2) is 0 Å². The summed E-state index contributed by atoms with van der Waals surface area (Å²) in [5.74, 6) is 4.49. The van der Waals surface area contributed by atoms with Crippen LogP contribution in [0, 0.1) is 18.3 Å². The van der Waals surface area contributed by atoms with Crippen molar-refractivity contribution in [3.63, 3.8) is 0 Å². The molecule has 0 radical (unpaired) electrons. The molecule has 1 spiro atoms. The average Bonchev–Trinajstić information content (AvgIpc) is 3.10. The van der Waals surface area contributed by atoms with E-state index in [0.717, 1.165) is 19.3 Å². The van der Waals surface area contributed by atoms with Crippen LogP contribution in [-0.4, -0.2) is 16.8 Å². The highest BCUT2D eigenvalue weighted by atomic mass is 16.6. The molecule has 2 aliphatic carbocycles. The minimum Gasteiger partial charge on any atom is -0.508 e. The number of phenols is 1. The molecule has 1 aliphatic heterocycles. The highest BCUT2D eigenvalue weighted by molar-refractivity contribution is 5.40. The van der Waals surface area contributed by atoms with Crippen molar-refractivity contribution in [3.05, 3.63) is 29.3 Å². The van der Waals surface area contributed by atoms with Gasteiger partial charge in [0.05, 0.1) is 0 Å². The first-order valence-electron chi connectivity index (χ1n) is 7.17. The van der Waals surface area contributed by atoms with Crippen LogP contribution < -0.4 is 0 Å². The van der Waals surface area contributed by atoms with Crippen LogP contribution in [0.3, 0.4) is 0 Å². The van der Waals surface area contributed by atoms with E-state index in [4.69, 9.17) is 11.2 Å². The van der Waals surface area contributed by atoms with E-state index in [2.05, 4.69) is 12.0 Å². The topological polar surface area (TPSA) is 32.8 Å². The monoisotopic (exact) mass is 254 g/mol. The van der Waals surface area contributed by atoms with Crippen molar-refractivity contribution in [3.8, 4) is 18.1 Å². The van der Waals surface area contributed by atoms with Crippen molar-refractivity contribution < 1.29 is 9.84 Å². The molecule has 4 rings (SSSR count). The molecular weight excluding hydrogens is 236 g/mol. The Labute approximate surface area is 113 Å². The SMILES string of the molecule is C#C[C@@H]1O[C@@]12CCC1c3ccc(O)cc3CCC1C2. The molecule has 1 aromatic rings. The fourth-order valence-electron chi connectivity index (χ4n) is 4.28. The van der Waals surface area contributed by atoms with Gasteiger partial charge in [0.1, 0.15) is 17.5 Å². The lowest BCUT2D eigenvalue weighted by Gasteiger charge is -2.39. The van der Waals surface area contributed by atoms with Crippen molar-refractivity contribution in [2.24, 2.45) is 5.92 Å². The summed E-state index contributed by atoms with van der Waals surface area (Å²) in [6.45, 7) is 0. The first kappa shape index (κ1) is 11.4. The number of terminal acetylenes is 1. The Bertz CT molecular complexity index is 571. The molecule has 1 heterocycles. The maximum absolute atomic E-state index is 9.60. The minimum absolute atomic E-state index is 0.0182. The normalized spacial score (nSPS) is 39.2. The molecule has 1 N–H and O–H groups in total. The Morgan fingerprint density at radius 2 is 2.26 bits per heavy atom. The van der Waals surface area contributed by atoms with Crippen molar-refractivity contribution in [2.45, 2.75) is 49.7 Å². The van der Waals surface area contributed by atoms with Crippen molar-refractivity contribution >= 4 is 0 Å². The minimum atomic E-state index is 0.0182. The maximum Gasteiger partial charge on any atom is 0.147 e. The summed E-state index contributed by atoms with van der Waals surface area (Å²) < 4.78 is 5.77. The first-order valence-corrected chi connectivity index (χ1v) is 7.17. The van der Waals surface area contributed by atoms with Gasteiger partial charge in [-0.1, -0.05) is 12.0 Å². The second kappa shape index (κ2) is 3.77.